The van der Waals surface area contributed by atoms with Crippen molar-refractivity contribution in [3.05, 3.63) is 0 Å². The van der Waals surface area contributed by atoms with Gasteiger partial charge in [0.1, 0.15) is 0 Å². The molecule has 7 heavy (non-hydrogen) atoms. The van der Waals surface area contributed by atoms with Gasteiger partial charge in [-0.05, 0) is 13.8 Å². The van der Waals surface area contributed by atoms with Crippen molar-refractivity contribution in [3.63, 3.8) is 0 Å². The van der Waals surface area contributed by atoms with Crippen molar-refractivity contribution in [1.82, 2.24) is 0 Å². The van der Waals surface area contributed by atoms with Gasteiger partial charge in [0.2, 0.25) is 0 Å². The summed E-state index contributed by atoms with van der Waals surface area (Å²) in [6.07, 6.45) is 1.75. The minimum Gasteiger partial charge on any atom is -0.323 e. The van der Waals surface area contributed by atoms with Gasteiger partial charge in [0.15, 0.2) is 0 Å². The normalized spacial score (nSPS) is 15.3. The summed E-state index contributed by atoms with van der Waals surface area (Å²) in [7, 11) is 0. The lowest BCUT2D eigenvalue weighted by molar-refractivity contribution is 0.978. The molecule has 0 spiro atoms. The minimum atomic E-state index is 0.111. The van der Waals surface area contributed by atoms with Crippen molar-refractivity contribution >= 4 is 6.21 Å². The maximum absolute atomic E-state index is 5.33. The third-order valence-corrected chi connectivity index (χ3v) is 0.523. The van der Waals surface area contributed by atoms with Crippen LogP contribution in [0, 0.1) is 0 Å². The van der Waals surface area contributed by atoms with E-state index in [1.54, 1.807) is 6.21 Å². The van der Waals surface area contributed by atoms with Crippen LogP contribution in [0.2, 0.25) is 0 Å². The quantitative estimate of drug-likeness (QED) is 0.502. The van der Waals surface area contributed by atoms with Crippen LogP contribution in [0.1, 0.15) is 13.8 Å². The molecule has 1 unspecified atom stereocenters. The summed E-state index contributed by atoms with van der Waals surface area (Å²) in [5, 5.41) is 0. The lowest BCUT2D eigenvalue weighted by Crippen LogP contribution is -2.15. The molecule has 2 N–H and O–H groups in total. The van der Waals surface area contributed by atoms with Crippen LogP contribution < -0.4 is 5.73 Å². The van der Waals surface area contributed by atoms with Crippen LogP contribution >= 0.6 is 0 Å². The van der Waals surface area contributed by atoms with E-state index in [-0.39, 0.29) is 6.04 Å². The van der Waals surface area contributed by atoms with Gasteiger partial charge in [-0.3, -0.25) is 4.99 Å². The highest BCUT2D eigenvalue weighted by Gasteiger charge is 1.79. The van der Waals surface area contributed by atoms with Crippen LogP contribution in [-0.4, -0.2) is 18.8 Å². The zero-order valence-electron chi connectivity index (χ0n) is 4.89. The molecule has 0 aromatic heterocycles. The van der Waals surface area contributed by atoms with E-state index in [1.165, 1.54) is 0 Å². The summed E-state index contributed by atoms with van der Waals surface area (Å²) in [5.41, 5.74) is 5.33. The topological polar surface area (TPSA) is 38.4 Å². The molecular weight excluding hydrogens is 88.1 g/mol. The molecular formula is C5H12N2. The molecule has 0 bridgehead atoms. The number of hydrogen-bond acceptors (Lipinski definition) is 2. The van der Waals surface area contributed by atoms with Crippen molar-refractivity contribution < 1.29 is 0 Å². The van der Waals surface area contributed by atoms with E-state index in [0.717, 1.165) is 6.54 Å². The molecule has 1 atom stereocenters. The first-order valence-corrected chi connectivity index (χ1v) is 2.53. The van der Waals surface area contributed by atoms with Crippen LogP contribution in [0.3, 0.4) is 0 Å². The Bertz CT molecular complexity index is 57.1. The van der Waals surface area contributed by atoms with Crippen molar-refractivity contribution in [2.45, 2.75) is 19.9 Å². The number of hydrogen-bond donors (Lipinski definition) is 1. The number of aliphatic imine (C=N–C) groups is 1. The molecule has 0 aromatic carbocycles. The van der Waals surface area contributed by atoms with Gasteiger partial charge >= 0.3 is 0 Å². The molecule has 2 heteroatoms. The first-order valence-electron chi connectivity index (χ1n) is 2.53. The molecule has 0 aromatic rings. The second-order valence-corrected chi connectivity index (χ2v) is 1.51. The molecule has 0 aliphatic heterocycles. The SMILES string of the molecule is CCN=CC(C)N. The Balaban J connectivity index is 3.08. The molecule has 2 nitrogen and oxygen atoms in total. The van der Waals surface area contributed by atoms with E-state index in [2.05, 4.69) is 4.99 Å². The molecule has 0 rings (SSSR count). The number of nitrogens with two attached hydrogens (primary N) is 1. The van der Waals surface area contributed by atoms with E-state index < -0.39 is 0 Å². The fourth-order valence-corrected chi connectivity index (χ4v) is 0.272. The highest BCUT2D eigenvalue weighted by Crippen LogP contribution is 1.67. The van der Waals surface area contributed by atoms with Crippen LogP contribution in [0.5, 0.6) is 0 Å². The Morgan fingerprint density at radius 1 is 1.86 bits per heavy atom. The lowest BCUT2D eigenvalue weighted by Gasteiger charge is -1.89. The molecule has 0 aliphatic carbocycles. The zero-order valence-corrected chi connectivity index (χ0v) is 4.89. The predicted octanol–water partition coefficient (Wildman–Crippen LogP) is 0.424. The van der Waals surface area contributed by atoms with Crippen molar-refractivity contribution in [2.75, 3.05) is 6.54 Å². The van der Waals surface area contributed by atoms with Gasteiger partial charge in [-0.2, -0.15) is 0 Å². The molecule has 0 heterocycles. The van der Waals surface area contributed by atoms with E-state index in [9.17, 15) is 0 Å². The molecule has 0 saturated heterocycles. The first-order chi connectivity index (χ1) is 3.27. The minimum absolute atomic E-state index is 0.111. The van der Waals surface area contributed by atoms with Crippen molar-refractivity contribution in [2.24, 2.45) is 10.7 Å². The molecule has 0 fully saturated rings. The van der Waals surface area contributed by atoms with Crippen molar-refractivity contribution in [1.29, 1.82) is 0 Å². The standard InChI is InChI=1S/C5H12N2/c1-3-7-4-5(2)6/h4-5H,3,6H2,1-2H3. The number of rotatable bonds is 2. The summed E-state index contributed by atoms with van der Waals surface area (Å²) in [4.78, 5) is 3.92. The second-order valence-electron chi connectivity index (χ2n) is 1.51. The Morgan fingerprint density at radius 3 is 2.57 bits per heavy atom. The predicted molar refractivity (Wildman–Crippen MR) is 32.7 cm³/mol. The van der Waals surface area contributed by atoms with E-state index in [4.69, 9.17) is 5.73 Å². The molecule has 0 radical (unpaired) electrons. The summed E-state index contributed by atoms with van der Waals surface area (Å²) in [6.45, 7) is 4.72. The molecule has 0 aliphatic rings. The van der Waals surface area contributed by atoms with Gasteiger partial charge in [-0.15, -0.1) is 0 Å². The van der Waals surface area contributed by atoms with Crippen LogP contribution in [0.25, 0.3) is 0 Å². The van der Waals surface area contributed by atoms with Gasteiger partial charge in [0.25, 0.3) is 0 Å². The lowest BCUT2D eigenvalue weighted by atomic mass is 10.4. The van der Waals surface area contributed by atoms with Gasteiger partial charge in [-0.25, -0.2) is 0 Å². The van der Waals surface area contributed by atoms with Gasteiger partial charge in [0, 0.05) is 18.8 Å². The summed E-state index contributed by atoms with van der Waals surface area (Å²) >= 11 is 0. The maximum Gasteiger partial charge on any atom is 0.0366 e. The van der Waals surface area contributed by atoms with Gasteiger partial charge < -0.3 is 5.73 Å². The highest BCUT2D eigenvalue weighted by molar-refractivity contribution is 5.63. The molecule has 42 valence electrons. The Morgan fingerprint density at radius 2 is 2.43 bits per heavy atom. The monoisotopic (exact) mass is 100 g/mol. The summed E-state index contributed by atoms with van der Waals surface area (Å²) in [6, 6.07) is 0.111. The average Bonchev–Trinajstić information content (AvgIpc) is 1.61. The zero-order chi connectivity index (χ0) is 5.70. The van der Waals surface area contributed by atoms with Gasteiger partial charge in [0.05, 0.1) is 0 Å². The largest absolute Gasteiger partial charge is 0.323 e. The summed E-state index contributed by atoms with van der Waals surface area (Å²) < 4.78 is 0. The third-order valence-electron chi connectivity index (χ3n) is 0.523. The van der Waals surface area contributed by atoms with Crippen LogP contribution in [0.4, 0.5) is 0 Å². The fourth-order valence-electron chi connectivity index (χ4n) is 0.272. The maximum atomic E-state index is 5.33. The first kappa shape index (κ1) is 6.63. The molecule has 0 amide bonds. The smallest absolute Gasteiger partial charge is 0.0366 e. The fraction of sp³-hybridized carbons (Fsp3) is 0.800. The Hall–Kier alpha value is -0.370. The van der Waals surface area contributed by atoms with E-state index in [0.29, 0.717) is 0 Å². The van der Waals surface area contributed by atoms with Crippen molar-refractivity contribution in [3.8, 4) is 0 Å². The van der Waals surface area contributed by atoms with E-state index >= 15 is 0 Å². The Labute approximate surface area is 44.4 Å². The molecule has 0 saturated carbocycles. The Kier molecular flexibility index (Phi) is 3.61. The van der Waals surface area contributed by atoms with Crippen LogP contribution in [-0.2, 0) is 0 Å². The second kappa shape index (κ2) is 3.81. The van der Waals surface area contributed by atoms with Crippen LogP contribution in [0.15, 0.2) is 4.99 Å². The average molecular weight is 100 g/mol. The third kappa shape index (κ3) is 5.63. The highest BCUT2D eigenvalue weighted by atomic mass is 14.7. The number of nitrogens with zero attached hydrogens (tertiary/aromatic N) is 1. The van der Waals surface area contributed by atoms with E-state index in [1.807, 2.05) is 13.8 Å². The summed E-state index contributed by atoms with van der Waals surface area (Å²) in [5.74, 6) is 0. The van der Waals surface area contributed by atoms with Gasteiger partial charge in [-0.1, -0.05) is 0 Å².